The van der Waals surface area contributed by atoms with Crippen molar-refractivity contribution in [3.8, 4) is 0 Å². The first kappa shape index (κ1) is 20.3. The van der Waals surface area contributed by atoms with E-state index in [1.54, 1.807) is 0 Å². The molecule has 0 unspecified atom stereocenters. The maximum Gasteiger partial charge on any atom is 0.404 e. The molecule has 0 atom stereocenters. The van der Waals surface area contributed by atoms with Gasteiger partial charge >= 0.3 is 12.1 Å². The average molecular weight is 389 g/mol. The molecule has 7 nitrogen and oxygen atoms in total. The predicted molar refractivity (Wildman–Crippen MR) is 109 cm³/mol. The van der Waals surface area contributed by atoms with Gasteiger partial charge in [-0.2, -0.15) is 0 Å². The van der Waals surface area contributed by atoms with E-state index in [0.717, 1.165) is 50.0 Å². The summed E-state index contributed by atoms with van der Waals surface area (Å²) in [6.45, 7) is 1.88. The van der Waals surface area contributed by atoms with Gasteiger partial charge in [0.05, 0.1) is 6.61 Å². The number of urea groups is 1. The number of benzene rings is 1. The van der Waals surface area contributed by atoms with Crippen molar-refractivity contribution in [1.82, 2.24) is 10.2 Å². The molecule has 1 saturated heterocycles. The average Bonchev–Trinajstić information content (AvgIpc) is 2.70. The van der Waals surface area contributed by atoms with E-state index in [9.17, 15) is 9.59 Å². The number of hydrogen-bond acceptors (Lipinski definition) is 4. The van der Waals surface area contributed by atoms with Crippen LogP contribution < -0.4 is 16.4 Å². The van der Waals surface area contributed by atoms with Crippen LogP contribution in [0.4, 0.5) is 15.3 Å². The Kier molecular flexibility index (Phi) is 7.39. The molecule has 1 aromatic carbocycles. The first-order chi connectivity index (χ1) is 13.6. The lowest BCUT2D eigenvalue weighted by Gasteiger charge is -2.34. The number of rotatable bonds is 6. The summed E-state index contributed by atoms with van der Waals surface area (Å²) in [6, 6.07) is 8.99. The molecule has 0 bridgehead atoms. The van der Waals surface area contributed by atoms with Crippen LogP contribution in [0.1, 0.15) is 50.5 Å². The van der Waals surface area contributed by atoms with E-state index in [1.165, 1.54) is 19.3 Å². The van der Waals surface area contributed by atoms with Crippen molar-refractivity contribution in [1.29, 1.82) is 0 Å². The van der Waals surface area contributed by atoms with Crippen LogP contribution in [0, 0.1) is 0 Å². The monoisotopic (exact) mass is 388 g/mol. The fourth-order valence-electron chi connectivity index (χ4n) is 4.01. The van der Waals surface area contributed by atoms with E-state index >= 15 is 0 Å². The van der Waals surface area contributed by atoms with Crippen LogP contribution in [0.5, 0.6) is 0 Å². The van der Waals surface area contributed by atoms with Crippen LogP contribution in [0.2, 0.25) is 0 Å². The van der Waals surface area contributed by atoms with Gasteiger partial charge in [-0.1, -0.05) is 31.4 Å². The molecular weight excluding hydrogens is 356 g/mol. The van der Waals surface area contributed by atoms with Crippen LogP contribution in [0.3, 0.4) is 0 Å². The molecule has 154 valence electrons. The molecule has 0 radical (unpaired) electrons. The Bertz CT molecular complexity index is 636. The zero-order chi connectivity index (χ0) is 19.8. The number of ether oxygens (including phenoxy) is 1. The lowest BCUT2D eigenvalue weighted by atomic mass is 9.95. The van der Waals surface area contributed by atoms with Gasteiger partial charge in [-0.3, -0.25) is 0 Å². The van der Waals surface area contributed by atoms with Crippen LogP contribution >= 0.6 is 0 Å². The molecule has 2 fully saturated rings. The summed E-state index contributed by atoms with van der Waals surface area (Å²) in [5.74, 6) is 0. The third-order valence-corrected chi connectivity index (χ3v) is 5.67. The Morgan fingerprint density at radius 2 is 1.68 bits per heavy atom. The highest BCUT2D eigenvalue weighted by molar-refractivity contribution is 5.74. The first-order valence-electron chi connectivity index (χ1n) is 10.4. The molecule has 1 aromatic rings. The van der Waals surface area contributed by atoms with E-state index in [4.69, 9.17) is 10.5 Å². The van der Waals surface area contributed by atoms with Gasteiger partial charge in [-0.05, 0) is 43.4 Å². The molecule has 1 aliphatic carbocycles. The Balaban J connectivity index is 1.37. The minimum atomic E-state index is -0.739. The highest BCUT2D eigenvalue weighted by Crippen LogP contribution is 2.20. The number of carbonyl (C=O) groups excluding carboxylic acids is 2. The van der Waals surface area contributed by atoms with Crippen LogP contribution in [-0.4, -0.2) is 48.8 Å². The Hall–Kier alpha value is -2.44. The third kappa shape index (κ3) is 6.32. The fraction of sp³-hybridized carbons (Fsp3) is 0.619. The summed E-state index contributed by atoms with van der Waals surface area (Å²) in [5.41, 5.74) is 7.13. The fourth-order valence-corrected chi connectivity index (χ4v) is 4.01. The molecule has 1 aliphatic heterocycles. The van der Waals surface area contributed by atoms with Gasteiger partial charge in [-0.15, -0.1) is 0 Å². The van der Waals surface area contributed by atoms with Crippen LogP contribution in [0.25, 0.3) is 0 Å². The number of nitrogens with zero attached hydrogens (tertiary/aromatic N) is 1. The molecule has 4 N–H and O–H groups in total. The van der Waals surface area contributed by atoms with Crippen molar-refractivity contribution >= 4 is 17.8 Å². The molecule has 7 heteroatoms. The predicted octanol–water partition coefficient (Wildman–Crippen LogP) is 3.24. The van der Waals surface area contributed by atoms with Gasteiger partial charge in [0.2, 0.25) is 0 Å². The molecule has 3 amide bonds. The van der Waals surface area contributed by atoms with E-state index in [2.05, 4.69) is 10.6 Å². The number of nitrogens with one attached hydrogen (secondary N) is 2. The van der Waals surface area contributed by atoms with Gasteiger partial charge < -0.3 is 26.0 Å². The lowest BCUT2D eigenvalue weighted by Crippen LogP contribution is -2.49. The summed E-state index contributed by atoms with van der Waals surface area (Å²) in [6.07, 6.45) is 7.81. The summed E-state index contributed by atoms with van der Waals surface area (Å²) in [4.78, 5) is 25.0. The molecule has 28 heavy (non-hydrogen) atoms. The first-order valence-corrected chi connectivity index (χ1v) is 10.4. The number of primary amides is 1. The van der Waals surface area contributed by atoms with Gasteiger partial charge in [0.15, 0.2) is 0 Å². The van der Waals surface area contributed by atoms with Crippen LogP contribution in [-0.2, 0) is 11.2 Å². The van der Waals surface area contributed by atoms with Gasteiger partial charge in [-0.25, -0.2) is 9.59 Å². The molecule has 3 rings (SSSR count). The number of amides is 3. The zero-order valence-electron chi connectivity index (χ0n) is 16.5. The Labute approximate surface area is 167 Å². The number of likely N-dealkylation sites (tertiary alicyclic amines) is 1. The summed E-state index contributed by atoms with van der Waals surface area (Å²) >= 11 is 0. The second-order valence-electron chi connectivity index (χ2n) is 7.80. The maximum absolute atomic E-state index is 12.5. The molecule has 1 heterocycles. The number of anilines is 1. The van der Waals surface area contributed by atoms with E-state index in [0.29, 0.717) is 25.1 Å². The second kappa shape index (κ2) is 10.2. The van der Waals surface area contributed by atoms with Crippen molar-refractivity contribution in [3.05, 3.63) is 29.8 Å². The summed E-state index contributed by atoms with van der Waals surface area (Å²) in [5, 5.41) is 6.77. The van der Waals surface area contributed by atoms with Gasteiger partial charge in [0.1, 0.15) is 0 Å². The van der Waals surface area contributed by atoms with E-state index < -0.39 is 6.09 Å². The molecular formula is C21H32N4O3. The number of nitrogens with two attached hydrogens (primary N) is 1. The zero-order valence-corrected chi connectivity index (χ0v) is 16.5. The molecule has 1 saturated carbocycles. The van der Waals surface area contributed by atoms with Gasteiger partial charge in [0.25, 0.3) is 0 Å². The maximum atomic E-state index is 12.5. The van der Waals surface area contributed by atoms with Crippen molar-refractivity contribution in [2.24, 2.45) is 5.73 Å². The van der Waals surface area contributed by atoms with Crippen molar-refractivity contribution in [2.75, 3.05) is 25.0 Å². The van der Waals surface area contributed by atoms with Crippen molar-refractivity contribution < 1.29 is 14.3 Å². The summed E-state index contributed by atoms with van der Waals surface area (Å²) < 4.78 is 4.76. The quantitative estimate of drug-likeness (QED) is 0.697. The third-order valence-electron chi connectivity index (χ3n) is 5.67. The van der Waals surface area contributed by atoms with E-state index in [1.807, 2.05) is 29.2 Å². The second-order valence-corrected chi connectivity index (χ2v) is 7.80. The Morgan fingerprint density at radius 3 is 2.32 bits per heavy atom. The van der Waals surface area contributed by atoms with Crippen molar-refractivity contribution in [3.63, 3.8) is 0 Å². The Morgan fingerprint density at radius 1 is 1.00 bits per heavy atom. The number of carbonyl (C=O) groups is 2. The van der Waals surface area contributed by atoms with Crippen molar-refractivity contribution in [2.45, 2.75) is 63.5 Å². The topological polar surface area (TPSA) is 96.7 Å². The highest BCUT2D eigenvalue weighted by atomic mass is 16.5. The molecule has 0 spiro atoms. The molecule has 0 aromatic heterocycles. The minimum Gasteiger partial charge on any atom is -0.449 e. The largest absolute Gasteiger partial charge is 0.449 e. The minimum absolute atomic E-state index is 0.105. The summed E-state index contributed by atoms with van der Waals surface area (Å²) in [7, 11) is 0. The normalized spacial score (nSPS) is 18.5. The highest BCUT2D eigenvalue weighted by Gasteiger charge is 2.24. The van der Waals surface area contributed by atoms with Crippen LogP contribution in [0.15, 0.2) is 24.3 Å². The SMILES string of the molecule is NC(=O)OCCc1ccc(NC2CCN(C(=O)NC3CCCCC3)CC2)cc1. The smallest absolute Gasteiger partial charge is 0.404 e. The number of hydrogen-bond donors (Lipinski definition) is 3. The van der Waals surface area contributed by atoms with E-state index in [-0.39, 0.29) is 6.03 Å². The standard InChI is InChI=1S/C21H32N4O3/c22-20(26)28-15-12-16-6-8-18(9-7-16)23-19-10-13-25(14-11-19)21(27)24-17-4-2-1-3-5-17/h6-9,17,19,23H,1-5,10-15H2,(H2,22,26)(H,24,27). The van der Waals surface area contributed by atoms with Gasteiger partial charge in [0, 0.05) is 37.3 Å². The molecule has 2 aliphatic rings. The lowest BCUT2D eigenvalue weighted by molar-refractivity contribution is 0.158. The number of piperidine rings is 1.